The van der Waals surface area contributed by atoms with Gasteiger partial charge in [-0.25, -0.2) is 4.99 Å². The molecule has 3 aliphatic rings. The topological polar surface area (TPSA) is 65.8 Å². The summed E-state index contributed by atoms with van der Waals surface area (Å²) in [5, 5.41) is 3.73. The van der Waals surface area contributed by atoms with Gasteiger partial charge in [0.05, 0.1) is 18.3 Å². The lowest BCUT2D eigenvalue weighted by atomic mass is 10.1. The highest BCUT2D eigenvalue weighted by molar-refractivity contribution is 6.21. The highest BCUT2D eigenvalue weighted by atomic mass is 16.2. The molecule has 0 aromatic carbocycles. The van der Waals surface area contributed by atoms with Gasteiger partial charge in [0.15, 0.2) is 0 Å². The molecule has 1 fully saturated rings. The fourth-order valence-corrected chi connectivity index (χ4v) is 4.81. The molecule has 4 heterocycles. The molecule has 30 heavy (non-hydrogen) atoms. The van der Waals surface area contributed by atoms with Gasteiger partial charge in [0, 0.05) is 38.2 Å². The van der Waals surface area contributed by atoms with Crippen LogP contribution in [0.25, 0.3) is 0 Å². The van der Waals surface area contributed by atoms with Crippen LogP contribution in [0.5, 0.6) is 0 Å². The Balaban J connectivity index is 1.58. The smallest absolute Gasteiger partial charge is 0.266 e. The van der Waals surface area contributed by atoms with Gasteiger partial charge < -0.3 is 14.8 Å². The quantitative estimate of drug-likeness (QED) is 0.824. The number of rotatable bonds is 5. The van der Waals surface area contributed by atoms with E-state index in [4.69, 9.17) is 4.99 Å². The number of hydrogen-bond acceptors (Lipinski definition) is 5. The number of hydrogen-bond donors (Lipinski definition) is 1. The minimum atomic E-state index is 0.0230. The van der Waals surface area contributed by atoms with E-state index in [1.54, 1.807) is 11.1 Å². The third-order valence-electron chi connectivity index (χ3n) is 6.60. The number of carbonyl (C=O) groups is 1. The molecule has 1 saturated carbocycles. The van der Waals surface area contributed by atoms with Crippen LogP contribution >= 0.6 is 0 Å². The fraction of sp³-hybridized carbons (Fsp3) is 0.522. The van der Waals surface area contributed by atoms with E-state index in [-0.39, 0.29) is 11.9 Å². The average Bonchev–Trinajstić information content (AvgIpc) is 3.47. The number of aromatic nitrogens is 2. The zero-order chi connectivity index (χ0) is 20.8. The number of guanidine groups is 1. The molecule has 0 radical (unpaired) electrons. The van der Waals surface area contributed by atoms with Crippen molar-refractivity contribution in [3.8, 4) is 0 Å². The maximum atomic E-state index is 13.4. The SMILES string of the molecule is CC(C)C1CN2C(=N1)N(C)C(=O)c1c2cn(Cc2cccnc2)c1NC1CCCC1. The molecule has 0 bridgehead atoms. The number of nitrogens with zero attached hydrogens (tertiary/aromatic N) is 5. The second-order valence-electron chi connectivity index (χ2n) is 9.07. The van der Waals surface area contributed by atoms with Crippen LogP contribution in [0.3, 0.4) is 0 Å². The molecule has 1 unspecified atom stereocenters. The Morgan fingerprint density at radius 1 is 1.27 bits per heavy atom. The molecule has 1 aliphatic carbocycles. The van der Waals surface area contributed by atoms with Crippen LogP contribution in [-0.4, -0.2) is 52.0 Å². The summed E-state index contributed by atoms with van der Waals surface area (Å²) in [6.07, 6.45) is 10.6. The van der Waals surface area contributed by atoms with Gasteiger partial charge in [-0.2, -0.15) is 0 Å². The highest BCUT2D eigenvalue weighted by Gasteiger charge is 2.42. The third-order valence-corrected chi connectivity index (χ3v) is 6.60. The third kappa shape index (κ3) is 3.16. The molecule has 7 nitrogen and oxygen atoms in total. The second kappa shape index (κ2) is 7.45. The van der Waals surface area contributed by atoms with Gasteiger partial charge in [0.25, 0.3) is 5.91 Å². The predicted octanol–water partition coefficient (Wildman–Crippen LogP) is 3.57. The Bertz CT molecular complexity index is 973. The van der Waals surface area contributed by atoms with E-state index in [1.165, 1.54) is 12.8 Å². The Morgan fingerprint density at radius 2 is 2.07 bits per heavy atom. The van der Waals surface area contributed by atoms with Crippen LogP contribution in [0.1, 0.15) is 55.5 Å². The first-order chi connectivity index (χ1) is 14.5. The van der Waals surface area contributed by atoms with Crippen LogP contribution in [0.15, 0.2) is 35.7 Å². The standard InChI is InChI=1S/C23H30N6O/c1-15(2)18-13-29-19-14-28(12-16-7-6-10-24-11-16)21(25-17-8-4-5-9-17)20(19)22(30)27(3)23(29)26-18/h6-7,10-11,14-15,17-18,25H,4-5,8-9,12-13H2,1-3H3. The first kappa shape index (κ1) is 19.2. The number of aliphatic imine (C=N–C) groups is 1. The van der Waals surface area contributed by atoms with Gasteiger partial charge in [0.2, 0.25) is 5.96 Å². The van der Waals surface area contributed by atoms with Crippen molar-refractivity contribution in [2.45, 2.75) is 58.2 Å². The largest absolute Gasteiger partial charge is 0.368 e. The summed E-state index contributed by atoms with van der Waals surface area (Å²) in [6, 6.07) is 4.66. The molecule has 2 aromatic heterocycles. The highest BCUT2D eigenvalue weighted by Crippen LogP contribution is 2.40. The molecule has 7 heteroatoms. The molecular weight excluding hydrogens is 376 g/mol. The van der Waals surface area contributed by atoms with Gasteiger partial charge in [-0.1, -0.05) is 32.8 Å². The maximum absolute atomic E-state index is 13.4. The van der Waals surface area contributed by atoms with E-state index in [1.807, 2.05) is 19.3 Å². The Hall–Kier alpha value is -2.83. The molecule has 2 aliphatic heterocycles. The Kier molecular flexibility index (Phi) is 4.76. The zero-order valence-corrected chi connectivity index (χ0v) is 18.0. The van der Waals surface area contributed by atoms with Crippen LogP contribution < -0.4 is 10.2 Å². The van der Waals surface area contributed by atoms with E-state index in [0.717, 1.165) is 48.0 Å². The maximum Gasteiger partial charge on any atom is 0.266 e. The summed E-state index contributed by atoms with van der Waals surface area (Å²) in [5.74, 6) is 2.17. The van der Waals surface area contributed by atoms with E-state index >= 15 is 0 Å². The lowest BCUT2D eigenvalue weighted by molar-refractivity contribution is 0.0866. The van der Waals surface area contributed by atoms with Crippen molar-refractivity contribution in [1.82, 2.24) is 14.5 Å². The van der Waals surface area contributed by atoms with Crippen LogP contribution in [-0.2, 0) is 6.54 Å². The second-order valence-corrected chi connectivity index (χ2v) is 9.07. The lowest BCUT2D eigenvalue weighted by Crippen LogP contribution is -2.48. The van der Waals surface area contributed by atoms with Crippen molar-refractivity contribution >= 4 is 23.4 Å². The molecular formula is C23H30N6O. The minimum Gasteiger partial charge on any atom is -0.368 e. The van der Waals surface area contributed by atoms with Crippen molar-refractivity contribution < 1.29 is 4.79 Å². The molecule has 0 spiro atoms. The molecule has 2 aromatic rings. The molecule has 5 rings (SSSR count). The summed E-state index contributed by atoms with van der Waals surface area (Å²) in [5.41, 5.74) is 2.87. The predicted molar refractivity (Wildman–Crippen MR) is 119 cm³/mol. The summed E-state index contributed by atoms with van der Waals surface area (Å²) in [7, 11) is 1.84. The van der Waals surface area contributed by atoms with Crippen molar-refractivity contribution in [3.63, 3.8) is 0 Å². The summed E-state index contributed by atoms with van der Waals surface area (Å²) in [6.45, 7) is 5.88. The van der Waals surface area contributed by atoms with E-state index in [0.29, 0.717) is 18.5 Å². The van der Waals surface area contributed by atoms with Crippen LogP contribution in [0.2, 0.25) is 0 Å². The fourth-order valence-electron chi connectivity index (χ4n) is 4.81. The van der Waals surface area contributed by atoms with Gasteiger partial charge in [-0.05, 0) is 30.4 Å². The lowest BCUT2D eigenvalue weighted by Gasteiger charge is -2.32. The monoisotopic (exact) mass is 406 g/mol. The Morgan fingerprint density at radius 3 is 2.77 bits per heavy atom. The minimum absolute atomic E-state index is 0.0230. The normalized spacial score (nSPS) is 21.3. The van der Waals surface area contributed by atoms with Crippen molar-refractivity contribution in [2.75, 3.05) is 23.8 Å². The zero-order valence-electron chi connectivity index (χ0n) is 18.0. The molecule has 1 N–H and O–H groups in total. The van der Waals surface area contributed by atoms with Gasteiger partial charge >= 0.3 is 0 Å². The number of amides is 1. The Labute approximate surface area is 177 Å². The van der Waals surface area contributed by atoms with Crippen molar-refractivity contribution in [2.24, 2.45) is 10.9 Å². The summed E-state index contributed by atoms with van der Waals surface area (Å²) < 4.78 is 2.19. The van der Waals surface area contributed by atoms with E-state index in [2.05, 4.69) is 45.9 Å². The number of pyridine rings is 1. The van der Waals surface area contributed by atoms with Gasteiger partial charge in [-0.3, -0.25) is 14.7 Å². The van der Waals surface area contributed by atoms with Gasteiger partial charge in [0.1, 0.15) is 11.4 Å². The van der Waals surface area contributed by atoms with Crippen LogP contribution in [0, 0.1) is 5.92 Å². The first-order valence-corrected chi connectivity index (χ1v) is 11.0. The average molecular weight is 407 g/mol. The van der Waals surface area contributed by atoms with E-state index in [9.17, 15) is 4.79 Å². The number of fused-ring (bicyclic) bond motifs is 3. The van der Waals surface area contributed by atoms with Crippen molar-refractivity contribution in [3.05, 3.63) is 41.9 Å². The molecule has 158 valence electrons. The van der Waals surface area contributed by atoms with Gasteiger partial charge in [-0.15, -0.1) is 0 Å². The molecule has 1 amide bonds. The number of anilines is 2. The van der Waals surface area contributed by atoms with E-state index < -0.39 is 0 Å². The number of carbonyl (C=O) groups excluding carboxylic acids is 1. The number of nitrogens with one attached hydrogen (secondary N) is 1. The first-order valence-electron chi connectivity index (χ1n) is 11.0. The molecule has 1 atom stereocenters. The van der Waals surface area contributed by atoms with Crippen molar-refractivity contribution in [1.29, 1.82) is 0 Å². The summed E-state index contributed by atoms with van der Waals surface area (Å²) >= 11 is 0. The summed E-state index contributed by atoms with van der Waals surface area (Å²) in [4.78, 5) is 26.5. The van der Waals surface area contributed by atoms with Crippen LogP contribution in [0.4, 0.5) is 11.5 Å². The molecule has 0 saturated heterocycles.